The summed E-state index contributed by atoms with van der Waals surface area (Å²) in [6.07, 6.45) is 0.982. The minimum Gasteiger partial charge on any atom is -0.373 e. The first kappa shape index (κ1) is 6.32. The van der Waals surface area contributed by atoms with Crippen molar-refractivity contribution in [2.24, 2.45) is 12.8 Å². The summed E-state index contributed by atoms with van der Waals surface area (Å²) in [5, 5.41) is 8.85. The summed E-state index contributed by atoms with van der Waals surface area (Å²) >= 11 is 0. The number of aliphatic hydroxyl groups is 1. The lowest BCUT2D eigenvalue weighted by Crippen LogP contribution is -2.12. The van der Waals surface area contributed by atoms with Crippen molar-refractivity contribution in [3.8, 4) is 0 Å². The lowest BCUT2D eigenvalue weighted by atomic mass is 10.4. The Bertz CT molecular complexity index is 193. The van der Waals surface area contributed by atoms with Gasteiger partial charge in [0.15, 0.2) is 0 Å². The van der Waals surface area contributed by atoms with Crippen LogP contribution in [0, 0.1) is 0 Å². The molecule has 1 aromatic rings. The molecule has 0 aliphatic rings. The van der Waals surface area contributed by atoms with Crippen molar-refractivity contribution in [3.05, 3.63) is 24.0 Å². The van der Waals surface area contributed by atoms with E-state index in [9.17, 15) is 0 Å². The summed E-state index contributed by atoms with van der Waals surface area (Å²) in [4.78, 5) is 0. The highest BCUT2D eigenvalue weighted by atomic mass is 16.3. The van der Waals surface area contributed by atoms with Gasteiger partial charge < -0.3 is 15.4 Å². The summed E-state index contributed by atoms with van der Waals surface area (Å²) in [5.74, 6) is 0. The van der Waals surface area contributed by atoms with E-state index in [0.717, 1.165) is 5.69 Å². The highest BCUT2D eigenvalue weighted by Gasteiger charge is 2.01. The molecule has 3 N–H and O–H groups in total. The lowest BCUT2D eigenvalue weighted by molar-refractivity contribution is 0.178. The second kappa shape index (κ2) is 2.21. The molecule has 0 saturated carbocycles. The molecule has 1 aromatic heterocycles. The Balaban J connectivity index is 2.94. The minimum atomic E-state index is -0.856. The molecular weight excluding hydrogens is 116 g/mol. The standard InChI is InChI=1S/C6H10N2O/c1-8-4-2-3-5(8)6(7)9/h2-4,6,9H,7H2,1H3. The van der Waals surface area contributed by atoms with Crippen LogP contribution in [0.3, 0.4) is 0 Å². The molecule has 3 nitrogen and oxygen atoms in total. The van der Waals surface area contributed by atoms with Gasteiger partial charge in [0.1, 0.15) is 6.23 Å². The topological polar surface area (TPSA) is 51.2 Å². The maximum atomic E-state index is 8.85. The van der Waals surface area contributed by atoms with Crippen LogP contribution < -0.4 is 5.73 Å². The molecule has 0 bridgehead atoms. The van der Waals surface area contributed by atoms with Gasteiger partial charge in [-0.25, -0.2) is 0 Å². The number of aliphatic hydroxyl groups excluding tert-OH is 1. The molecule has 0 aliphatic heterocycles. The van der Waals surface area contributed by atoms with Gasteiger partial charge in [0.2, 0.25) is 0 Å². The summed E-state index contributed by atoms with van der Waals surface area (Å²) in [6.45, 7) is 0. The van der Waals surface area contributed by atoms with Gasteiger partial charge in [0.25, 0.3) is 0 Å². The van der Waals surface area contributed by atoms with Crippen molar-refractivity contribution >= 4 is 0 Å². The number of aryl methyl sites for hydroxylation is 1. The van der Waals surface area contributed by atoms with E-state index in [4.69, 9.17) is 10.8 Å². The van der Waals surface area contributed by atoms with Crippen LogP contribution in [-0.4, -0.2) is 9.67 Å². The predicted octanol–water partition coefficient (Wildman–Crippen LogP) is -0.0253. The monoisotopic (exact) mass is 126 g/mol. The number of hydrogen-bond donors (Lipinski definition) is 2. The molecule has 0 aliphatic carbocycles. The Morgan fingerprint density at radius 2 is 2.44 bits per heavy atom. The Morgan fingerprint density at radius 3 is 2.67 bits per heavy atom. The zero-order valence-electron chi connectivity index (χ0n) is 5.28. The third-order valence-corrected chi connectivity index (χ3v) is 1.29. The van der Waals surface area contributed by atoms with Gasteiger partial charge in [-0.15, -0.1) is 0 Å². The molecule has 1 unspecified atom stereocenters. The second-order valence-corrected chi connectivity index (χ2v) is 1.99. The first-order chi connectivity index (χ1) is 4.22. The van der Waals surface area contributed by atoms with Crippen molar-refractivity contribution in [1.82, 2.24) is 4.57 Å². The second-order valence-electron chi connectivity index (χ2n) is 1.99. The van der Waals surface area contributed by atoms with Crippen LogP contribution in [0.1, 0.15) is 11.9 Å². The molecule has 9 heavy (non-hydrogen) atoms. The summed E-state index contributed by atoms with van der Waals surface area (Å²) in [5.41, 5.74) is 5.93. The largest absolute Gasteiger partial charge is 0.373 e. The van der Waals surface area contributed by atoms with E-state index in [1.54, 1.807) is 10.6 Å². The molecule has 0 fully saturated rings. The number of hydrogen-bond acceptors (Lipinski definition) is 2. The van der Waals surface area contributed by atoms with Gasteiger partial charge in [-0.3, -0.25) is 0 Å². The van der Waals surface area contributed by atoms with Crippen LogP contribution in [-0.2, 0) is 7.05 Å². The minimum absolute atomic E-state index is 0.731. The lowest BCUT2D eigenvalue weighted by Gasteiger charge is -2.04. The van der Waals surface area contributed by atoms with Crippen LogP contribution >= 0.6 is 0 Å². The predicted molar refractivity (Wildman–Crippen MR) is 34.6 cm³/mol. The van der Waals surface area contributed by atoms with E-state index in [1.807, 2.05) is 19.3 Å². The van der Waals surface area contributed by atoms with E-state index in [0.29, 0.717) is 0 Å². The Morgan fingerprint density at radius 1 is 1.78 bits per heavy atom. The SMILES string of the molecule is Cn1cccc1C(N)O. The first-order valence-electron chi connectivity index (χ1n) is 2.76. The van der Waals surface area contributed by atoms with E-state index < -0.39 is 6.23 Å². The normalized spacial score (nSPS) is 13.7. The van der Waals surface area contributed by atoms with Crippen molar-refractivity contribution in [1.29, 1.82) is 0 Å². The van der Waals surface area contributed by atoms with Crippen molar-refractivity contribution in [2.45, 2.75) is 6.23 Å². The number of aromatic nitrogens is 1. The molecule has 0 amide bonds. The molecule has 50 valence electrons. The average molecular weight is 126 g/mol. The van der Waals surface area contributed by atoms with Crippen LogP contribution in [0.4, 0.5) is 0 Å². The Hall–Kier alpha value is -0.800. The van der Waals surface area contributed by atoms with E-state index in [-0.39, 0.29) is 0 Å². The third-order valence-electron chi connectivity index (χ3n) is 1.29. The zero-order valence-corrected chi connectivity index (χ0v) is 5.28. The van der Waals surface area contributed by atoms with E-state index in [1.165, 1.54) is 0 Å². The fourth-order valence-electron chi connectivity index (χ4n) is 0.782. The fraction of sp³-hybridized carbons (Fsp3) is 0.333. The van der Waals surface area contributed by atoms with Crippen molar-refractivity contribution in [2.75, 3.05) is 0 Å². The number of nitrogens with two attached hydrogens (primary N) is 1. The quantitative estimate of drug-likeness (QED) is 0.519. The molecule has 0 radical (unpaired) electrons. The molecular formula is C6H10N2O. The smallest absolute Gasteiger partial charge is 0.143 e. The maximum absolute atomic E-state index is 8.85. The average Bonchev–Trinajstić information content (AvgIpc) is 2.13. The Kier molecular flexibility index (Phi) is 1.55. The van der Waals surface area contributed by atoms with Crippen LogP contribution in [0.2, 0.25) is 0 Å². The van der Waals surface area contributed by atoms with Crippen LogP contribution in [0.15, 0.2) is 18.3 Å². The number of rotatable bonds is 1. The van der Waals surface area contributed by atoms with Gasteiger partial charge in [-0.05, 0) is 12.1 Å². The number of nitrogens with zero attached hydrogens (tertiary/aromatic N) is 1. The molecule has 1 rings (SSSR count). The molecule has 1 atom stereocenters. The molecule has 0 spiro atoms. The van der Waals surface area contributed by atoms with Gasteiger partial charge in [-0.1, -0.05) is 0 Å². The summed E-state index contributed by atoms with van der Waals surface area (Å²) in [7, 11) is 1.84. The van der Waals surface area contributed by atoms with Crippen LogP contribution in [0.25, 0.3) is 0 Å². The molecule has 0 aromatic carbocycles. The Labute approximate surface area is 53.7 Å². The zero-order chi connectivity index (χ0) is 6.85. The highest BCUT2D eigenvalue weighted by Crippen LogP contribution is 2.05. The molecule has 0 saturated heterocycles. The molecule has 3 heteroatoms. The van der Waals surface area contributed by atoms with Crippen molar-refractivity contribution < 1.29 is 5.11 Å². The van der Waals surface area contributed by atoms with E-state index >= 15 is 0 Å². The maximum Gasteiger partial charge on any atom is 0.143 e. The summed E-state index contributed by atoms with van der Waals surface area (Å²) in [6, 6.07) is 3.62. The van der Waals surface area contributed by atoms with Gasteiger partial charge in [0, 0.05) is 13.2 Å². The first-order valence-corrected chi connectivity index (χ1v) is 2.76. The van der Waals surface area contributed by atoms with Crippen molar-refractivity contribution in [3.63, 3.8) is 0 Å². The van der Waals surface area contributed by atoms with Crippen LogP contribution in [0.5, 0.6) is 0 Å². The third kappa shape index (κ3) is 1.12. The van der Waals surface area contributed by atoms with E-state index in [2.05, 4.69) is 0 Å². The van der Waals surface area contributed by atoms with Gasteiger partial charge >= 0.3 is 0 Å². The van der Waals surface area contributed by atoms with Gasteiger partial charge in [0.05, 0.1) is 5.69 Å². The van der Waals surface area contributed by atoms with Gasteiger partial charge in [-0.2, -0.15) is 0 Å². The summed E-state index contributed by atoms with van der Waals surface area (Å²) < 4.78 is 1.78. The fourth-order valence-corrected chi connectivity index (χ4v) is 0.782. The highest BCUT2D eigenvalue weighted by molar-refractivity contribution is 5.07. The molecule has 1 heterocycles.